The number of rotatable bonds is 2. The van der Waals surface area contributed by atoms with Gasteiger partial charge in [0.05, 0.1) is 16.9 Å². The smallest absolute Gasteiger partial charge is 0.259 e. The van der Waals surface area contributed by atoms with Crippen molar-refractivity contribution in [2.24, 2.45) is 0 Å². The number of carbonyl (C=O) groups excluding carboxylic acids is 1. The second-order valence-electron chi connectivity index (χ2n) is 4.19. The summed E-state index contributed by atoms with van der Waals surface area (Å²) in [4.78, 5) is 14.0. The molecule has 3 nitrogen and oxygen atoms in total. The highest BCUT2D eigenvalue weighted by Gasteiger charge is 2.18. The lowest BCUT2D eigenvalue weighted by molar-refractivity contribution is 0.0992. The fraction of sp³-hybridized carbons (Fsp3) is 0.0714. The fourth-order valence-electron chi connectivity index (χ4n) is 1.76. The molecule has 0 aromatic heterocycles. The molecular formula is C14H11Cl2IN2O. The van der Waals surface area contributed by atoms with Crippen molar-refractivity contribution in [2.45, 2.75) is 0 Å². The van der Waals surface area contributed by atoms with Gasteiger partial charge in [-0.25, -0.2) is 0 Å². The Bertz CT molecular complexity index is 676. The topological polar surface area (TPSA) is 46.3 Å². The SMILES string of the molecule is CN(C(=O)c1cc(Cl)ccc1I)c1cc(Cl)ccc1N. The quantitative estimate of drug-likeness (QED) is 0.576. The molecule has 0 radical (unpaired) electrons. The fourth-order valence-corrected chi connectivity index (χ4v) is 2.66. The lowest BCUT2D eigenvalue weighted by atomic mass is 10.2. The summed E-state index contributed by atoms with van der Waals surface area (Å²) in [7, 11) is 1.65. The zero-order chi connectivity index (χ0) is 14.9. The van der Waals surface area contributed by atoms with E-state index in [-0.39, 0.29) is 5.91 Å². The highest BCUT2D eigenvalue weighted by atomic mass is 127. The first kappa shape index (κ1) is 15.4. The van der Waals surface area contributed by atoms with Gasteiger partial charge >= 0.3 is 0 Å². The molecule has 20 heavy (non-hydrogen) atoms. The van der Waals surface area contributed by atoms with E-state index in [0.717, 1.165) is 3.57 Å². The van der Waals surface area contributed by atoms with Crippen LogP contribution in [0.2, 0.25) is 10.0 Å². The van der Waals surface area contributed by atoms with Gasteiger partial charge in [-0.15, -0.1) is 0 Å². The number of amides is 1. The summed E-state index contributed by atoms with van der Waals surface area (Å²) in [6.07, 6.45) is 0. The molecule has 2 rings (SSSR count). The van der Waals surface area contributed by atoms with Gasteiger partial charge in [-0.05, 0) is 59.0 Å². The van der Waals surface area contributed by atoms with Gasteiger partial charge in [-0.3, -0.25) is 4.79 Å². The third-order valence-corrected chi connectivity index (χ3v) is 4.23. The molecule has 0 unspecified atom stereocenters. The molecule has 0 heterocycles. The second-order valence-corrected chi connectivity index (χ2v) is 6.23. The minimum absolute atomic E-state index is 0.189. The van der Waals surface area contributed by atoms with E-state index >= 15 is 0 Å². The third-order valence-electron chi connectivity index (χ3n) is 2.82. The van der Waals surface area contributed by atoms with Crippen LogP contribution in [0.5, 0.6) is 0 Å². The Morgan fingerprint density at radius 1 is 1.15 bits per heavy atom. The van der Waals surface area contributed by atoms with Crippen molar-refractivity contribution < 1.29 is 4.79 Å². The number of nitrogen functional groups attached to an aromatic ring is 1. The van der Waals surface area contributed by atoms with E-state index in [0.29, 0.717) is 27.0 Å². The Kier molecular flexibility index (Phi) is 4.78. The normalized spacial score (nSPS) is 10.4. The van der Waals surface area contributed by atoms with Crippen LogP contribution in [0.3, 0.4) is 0 Å². The largest absolute Gasteiger partial charge is 0.397 e. The summed E-state index contributed by atoms with van der Waals surface area (Å²) in [5.41, 5.74) is 7.48. The summed E-state index contributed by atoms with van der Waals surface area (Å²) in [5, 5.41) is 1.04. The average Bonchev–Trinajstić information content (AvgIpc) is 2.42. The monoisotopic (exact) mass is 420 g/mol. The highest BCUT2D eigenvalue weighted by Crippen LogP contribution is 2.28. The van der Waals surface area contributed by atoms with Gasteiger partial charge < -0.3 is 10.6 Å². The van der Waals surface area contributed by atoms with Crippen LogP contribution < -0.4 is 10.6 Å². The van der Waals surface area contributed by atoms with E-state index in [1.165, 1.54) is 4.90 Å². The Balaban J connectivity index is 2.42. The van der Waals surface area contributed by atoms with Crippen LogP contribution in [0.4, 0.5) is 11.4 Å². The number of nitrogens with two attached hydrogens (primary N) is 1. The zero-order valence-corrected chi connectivity index (χ0v) is 14.2. The molecule has 0 saturated heterocycles. The molecule has 0 atom stereocenters. The van der Waals surface area contributed by atoms with E-state index in [1.54, 1.807) is 43.4 Å². The molecule has 2 aromatic rings. The van der Waals surface area contributed by atoms with Gasteiger partial charge in [0.15, 0.2) is 0 Å². The van der Waals surface area contributed by atoms with E-state index < -0.39 is 0 Å². The summed E-state index contributed by atoms with van der Waals surface area (Å²) >= 11 is 14.0. The zero-order valence-electron chi connectivity index (χ0n) is 10.5. The molecule has 104 valence electrons. The van der Waals surface area contributed by atoms with Gasteiger partial charge in [-0.1, -0.05) is 23.2 Å². The lowest BCUT2D eigenvalue weighted by Crippen LogP contribution is -2.27. The van der Waals surface area contributed by atoms with Gasteiger partial charge in [0.2, 0.25) is 0 Å². The minimum Gasteiger partial charge on any atom is -0.397 e. The van der Waals surface area contributed by atoms with Crippen molar-refractivity contribution >= 4 is 63.1 Å². The minimum atomic E-state index is -0.189. The molecule has 6 heteroatoms. The number of hydrogen-bond acceptors (Lipinski definition) is 2. The van der Waals surface area contributed by atoms with Gasteiger partial charge in [0, 0.05) is 20.7 Å². The maximum atomic E-state index is 12.5. The first-order valence-electron chi connectivity index (χ1n) is 5.68. The summed E-state index contributed by atoms with van der Waals surface area (Å²) in [5.74, 6) is -0.189. The van der Waals surface area contributed by atoms with Gasteiger partial charge in [0.1, 0.15) is 0 Å². The van der Waals surface area contributed by atoms with Crippen LogP contribution in [0.25, 0.3) is 0 Å². The van der Waals surface area contributed by atoms with Crippen molar-refractivity contribution in [1.82, 2.24) is 0 Å². The molecule has 0 aliphatic carbocycles. The number of carbonyl (C=O) groups is 1. The van der Waals surface area contributed by atoms with E-state index in [4.69, 9.17) is 28.9 Å². The Labute approximate surface area is 140 Å². The first-order valence-corrected chi connectivity index (χ1v) is 7.51. The molecule has 0 aliphatic rings. The molecule has 2 N–H and O–H groups in total. The average molecular weight is 421 g/mol. The van der Waals surface area contributed by atoms with Crippen LogP contribution in [0.1, 0.15) is 10.4 Å². The lowest BCUT2D eigenvalue weighted by Gasteiger charge is -2.20. The predicted octanol–water partition coefficient (Wildman–Crippen LogP) is 4.46. The van der Waals surface area contributed by atoms with Crippen LogP contribution in [-0.4, -0.2) is 13.0 Å². The molecule has 0 bridgehead atoms. The van der Waals surface area contributed by atoms with Crippen molar-refractivity contribution in [1.29, 1.82) is 0 Å². The van der Waals surface area contributed by atoms with Crippen LogP contribution in [0, 0.1) is 3.57 Å². The van der Waals surface area contributed by atoms with Crippen molar-refractivity contribution in [3.05, 3.63) is 55.6 Å². The molecular weight excluding hydrogens is 410 g/mol. The van der Waals surface area contributed by atoms with E-state index in [9.17, 15) is 4.79 Å². The molecule has 0 spiro atoms. The maximum absolute atomic E-state index is 12.5. The van der Waals surface area contributed by atoms with Crippen molar-refractivity contribution in [3.8, 4) is 0 Å². The molecule has 0 saturated carbocycles. The van der Waals surface area contributed by atoms with E-state index in [2.05, 4.69) is 22.6 Å². The first-order chi connectivity index (χ1) is 9.40. The standard InChI is InChI=1S/C14H11Cl2IN2O/c1-19(13-7-9(16)3-5-12(13)18)14(20)10-6-8(15)2-4-11(10)17/h2-7H,18H2,1H3. The molecule has 0 aliphatic heterocycles. The Morgan fingerprint density at radius 3 is 2.45 bits per heavy atom. The molecule has 2 aromatic carbocycles. The van der Waals surface area contributed by atoms with Crippen molar-refractivity contribution in [2.75, 3.05) is 17.7 Å². The Morgan fingerprint density at radius 2 is 1.75 bits per heavy atom. The molecule has 0 fully saturated rings. The second kappa shape index (κ2) is 6.20. The van der Waals surface area contributed by atoms with Gasteiger partial charge in [0.25, 0.3) is 5.91 Å². The molecule has 1 amide bonds. The van der Waals surface area contributed by atoms with Crippen LogP contribution in [-0.2, 0) is 0 Å². The number of anilines is 2. The van der Waals surface area contributed by atoms with Crippen LogP contribution in [0.15, 0.2) is 36.4 Å². The maximum Gasteiger partial charge on any atom is 0.259 e. The summed E-state index contributed by atoms with van der Waals surface area (Å²) < 4.78 is 0.824. The Hall–Kier alpha value is -0.980. The summed E-state index contributed by atoms with van der Waals surface area (Å²) in [6, 6.07) is 10.2. The summed E-state index contributed by atoms with van der Waals surface area (Å²) in [6.45, 7) is 0. The number of benzene rings is 2. The highest BCUT2D eigenvalue weighted by molar-refractivity contribution is 14.1. The van der Waals surface area contributed by atoms with Gasteiger partial charge in [-0.2, -0.15) is 0 Å². The third kappa shape index (κ3) is 3.19. The van der Waals surface area contributed by atoms with E-state index in [1.807, 2.05) is 0 Å². The van der Waals surface area contributed by atoms with Crippen molar-refractivity contribution in [3.63, 3.8) is 0 Å². The predicted molar refractivity (Wildman–Crippen MR) is 92.8 cm³/mol. The number of hydrogen-bond donors (Lipinski definition) is 1. The van der Waals surface area contributed by atoms with Crippen LogP contribution >= 0.6 is 45.8 Å². The number of halogens is 3. The number of nitrogens with zero attached hydrogens (tertiary/aromatic N) is 1.